The van der Waals surface area contributed by atoms with Crippen LogP contribution in [-0.2, 0) is 0 Å². The van der Waals surface area contributed by atoms with Crippen LogP contribution in [0.25, 0.3) is 0 Å². The minimum Gasteiger partial charge on any atom is -0.310 e. The number of nitrogens with one attached hydrogen (secondary N) is 1. The van der Waals surface area contributed by atoms with Gasteiger partial charge in [-0.1, -0.05) is 70.2 Å². The summed E-state index contributed by atoms with van der Waals surface area (Å²) in [7, 11) is 0. The molecule has 0 saturated heterocycles. The molecule has 1 aromatic carbocycles. The molecule has 1 fully saturated rings. The van der Waals surface area contributed by atoms with Crippen LogP contribution in [0.1, 0.15) is 76.0 Å². The van der Waals surface area contributed by atoms with Gasteiger partial charge in [-0.25, -0.2) is 0 Å². The Kier molecular flexibility index (Phi) is 6.76. The lowest BCUT2D eigenvalue weighted by Gasteiger charge is -2.35. The molecule has 0 bridgehead atoms. The third-order valence-corrected chi connectivity index (χ3v) is 5.28. The first kappa shape index (κ1) is 16.5. The Labute approximate surface area is 131 Å². The summed E-state index contributed by atoms with van der Waals surface area (Å²) in [5, 5.41) is 3.77. The van der Waals surface area contributed by atoms with Gasteiger partial charge in [0, 0.05) is 6.04 Å². The van der Waals surface area contributed by atoms with Crippen molar-refractivity contribution in [3.8, 4) is 0 Å². The van der Waals surface area contributed by atoms with E-state index >= 15 is 0 Å². The van der Waals surface area contributed by atoms with Crippen molar-refractivity contribution in [1.29, 1.82) is 0 Å². The van der Waals surface area contributed by atoms with E-state index in [4.69, 9.17) is 0 Å². The molecule has 1 aromatic rings. The maximum atomic E-state index is 3.77. The summed E-state index contributed by atoms with van der Waals surface area (Å²) in [4.78, 5) is 0. The van der Waals surface area contributed by atoms with Crippen molar-refractivity contribution in [2.24, 2.45) is 11.8 Å². The average Bonchev–Trinajstić information content (AvgIpc) is 2.52. The second kappa shape index (κ2) is 8.58. The quantitative estimate of drug-likeness (QED) is 0.684. The van der Waals surface area contributed by atoms with E-state index in [9.17, 15) is 0 Å². The van der Waals surface area contributed by atoms with Gasteiger partial charge in [0.1, 0.15) is 0 Å². The van der Waals surface area contributed by atoms with E-state index in [1.807, 2.05) is 0 Å². The zero-order valence-corrected chi connectivity index (χ0v) is 14.2. The number of unbranched alkanes of at least 4 members (excludes halogenated alkanes) is 1. The highest BCUT2D eigenvalue weighted by Crippen LogP contribution is 2.39. The number of rotatable bonds is 7. The van der Waals surface area contributed by atoms with Crippen LogP contribution in [0.15, 0.2) is 24.3 Å². The highest BCUT2D eigenvalue weighted by Gasteiger charge is 2.28. The van der Waals surface area contributed by atoms with Crippen LogP contribution in [0.4, 0.5) is 0 Å². The lowest BCUT2D eigenvalue weighted by Crippen LogP contribution is -2.31. The summed E-state index contributed by atoms with van der Waals surface area (Å²) < 4.78 is 0. The van der Waals surface area contributed by atoms with Gasteiger partial charge in [-0.3, -0.25) is 0 Å². The van der Waals surface area contributed by atoms with E-state index in [0.29, 0.717) is 6.04 Å². The molecule has 1 nitrogen and oxygen atoms in total. The largest absolute Gasteiger partial charge is 0.310 e. The summed E-state index contributed by atoms with van der Waals surface area (Å²) in [6, 6.07) is 9.49. The van der Waals surface area contributed by atoms with Crippen molar-refractivity contribution in [2.45, 2.75) is 71.8 Å². The smallest absolute Gasteiger partial charge is 0.0351 e. The minimum absolute atomic E-state index is 0.559. The first-order valence-corrected chi connectivity index (χ1v) is 9.05. The zero-order chi connectivity index (χ0) is 15.1. The van der Waals surface area contributed by atoms with Gasteiger partial charge in [0.15, 0.2) is 0 Å². The number of benzene rings is 1. The van der Waals surface area contributed by atoms with E-state index in [1.54, 1.807) is 0 Å². The Bertz CT molecular complexity index is 404. The normalized spacial score (nSPS) is 24.0. The third kappa shape index (κ3) is 4.57. The summed E-state index contributed by atoms with van der Waals surface area (Å²) >= 11 is 0. The van der Waals surface area contributed by atoms with Crippen LogP contribution < -0.4 is 5.32 Å². The number of aryl methyl sites for hydroxylation is 1. The van der Waals surface area contributed by atoms with Crippen LogP contribution in [0.2, 0.25) is 0 Å². The van der Waals surface area contributed by atoms with Crippen molar-refractivity contribution in [2.75, 3.05) is 6.54 Å². The van der Waals surface area contributed by atoms with Crippen molar-refractivity contribution < 1.29 is 0 Å². The molecular weight excluding hydrogens is 254 g/mol. The molecule has 1 saturated carbocycles. The van der Waals surface area contributed by atoms with Crippen molar-refractivity contribution in [1.82, 2.24) is 5.32 Å². The molecule has 0 aromatic heterocycles. The van der Waals surface area contributed by atoms with Crippen LogP contribution in [-0.4, -0.2) is 6.54 Å². The van der Waals surface area contributed by atoms with Crippen LogP contribution >= 0.6 is 0 Å². The topological polar surface area (TPSA) is 12.0 Å². The fourth-order valence-electron chi connectivity index (χ4n) is 3.99. The van der Waals surface area contributed by atoms with Gasteiger partial charge in [-0.05, 0) is 49.3 Å². The predicted octanol–water partition coefficient (Wildman–Crippen LogP) is 5.64. The van der Waals surface area contributed by atoms with E-state index in [1.165, 1.54) is 56.1 Å². The van der Waals surface area contributed by atoms with E-state index in [-0.39, 0.29) is 0 Å². The first-order valence-electron chi connectivity index (χ1n) is 9.05. The molecule has 0 radical (unpaired) electrons. The highest BCUT2D eigenvalue weighted by molar-refractivity contribution is 5.29. The van der Waals surface area contributed by atoms with Crippen molar-refractivity contribution in [3.05, 3.63) is 35.4 Å². The van der Waals surface area contributed by atoms with Crippen LogP contribution in [0.3, 0.4) is 0 Å². The second-order valence-electron chi connectivity index (χ2n) is 6.81. The van der Waals surface area contributed by atoms with Crippen LogP contribution in [0.5, 0.6) is 0 Å². The summed E-state index contributed by atoms with van der Waals surface area (Å²) in [5.74, 6) is 1.82. The molecule has 1 unspecified atom stereocenters. The molecule has 1 aliphatic carbocycles. The van der Waals surface area contributed by atoms with Gasteiger partial charge in [-0.2, -0.15) is 0 Å². The second-order valence-corrected chi connectivity index (χ2v) is 6.81. The third-order valence-electron chi connectivity index (χ3n) is 5.28. The lowest BCUT2D eigenvalue weighted by molar-refractivity contribution is 0.214. The zero-order valence-electron chi connectivity index (χ0n) is 14.2. The van der Waals surface area contributed by atoms with Gasteiger partial charge in [0.05, 0.1) is 0 Å². The number of hydrogen-bond acceptors (Lipinski definition) is 1. The molecule has 0 amide bonds. The van der Waals surface area contributed by atoms with E-state index in [2.05, 4.69) is 50.4 Å². The first-order chi connectivity index (χ1) is 10.3. The Morgan fingerprint density at radius 3 is 2.43 bits per heavy atom. The molecule has 21 heavy (non-hydrogen) atoms. The standard InChI is InChI=1S/C20H33N/c1-4-6-10-17-12-14-18(15-13-17)20(21-5-2)19-11-8-7-9-16(19)3/h7-9,11,17-18,20-21H,4-6,10,12-15H2,1-3H3. The summed E-state index contributed by atoms with van der Waals surface area (Å²) in [6.45, 7) is 7.87. The fraction of sp³-hybridized carbons (Fsp3) is 0.700. The fourth-order valence-corrected chi connectivity index (χ4v) is 3.99. The predicted molar refractivity (Wildman–Crippen MR) is 92.6 cm³/mol. The van der Waals surface area contributed by atoms with Crippen LogP contribution in [0, 0.1) is 18.8 Å². The molecular formula is C20H33N. The number of hydrogen-bond donors (Lipinski definition) is 1. The molecule has 0 aliphatic heterocycles. The van der Waals surface area contributed by atoms with E-state index in [0.717, 1.165) is 18.4 Å². The maximum absolute atomic E-state index is 3.77. The summed E-state index contributed by atoms with van der Waals surface area (Å²) in [5.41, 5.74) is 2.97. The lowest BCUT2D eigenvalue weighted by atomic mass is 9.75. The van der Waals surface area contributed by atoms with Gasteiger partial charge in [0.25, 0.3) is 0 Å². The minimum atomic E-state index is 0.559. The van der Waals surface area contributed by atoms with Crippen molar-refractivity contribution in [3.63, 3.8) is 0 Å². The van der Waals surface area contributed by atoms with Gasteiger partial charge in [0.2, 0.25) is 0 Å². The Morgan fingerprint density at radius 2 is 1.81 bits per heavy atom. The Balaban J connectivity index is 1.99. The Hall–Kier alpha value is -0.820. The molecule has 1 heteroatoms. The highest BCUT2D eigenvalue weighted by atomic mass is 14.9. The van der Waals surface area contributed by atoms with Gasteiger partial charge in [-0.15, -0.1) is 0 Å². The van der Waals surface area contributed by atoms with E-state index < -0.39 is 0 Å². The average molecular weight is 287 g/mol. The van der Waals surface area contributed by atoms with Crippen molar-refractivity contribution >= 4 is 0 Å². The molecule has 1 N–H and O–H groups in total. The SMILES string of the molecule is CCCCC1CCC(C(NCC)c2ccccc2C)CC1. The van der Waals surface area contributed by atoms with Gasteiger partial charge < -0.3 is 5.32 Å². The molecule has 0 spiro atoms. The molecule has 0 heterocycles. The molecule has 1 atom stereocenters. The Morgan fingerprint density at radius 1 is 1.10 bits per heavy atom. The molecule has 118 valence electrons. The monoisotopic (exact) mass is 287 g/mol. The maximum Gasteiger partial charge on any atom is 0.0351 e. The summed E-state index contributed by atoms with van der Waals surface area (Å²) in [6.07, 6.45) is 9.92. The van der Waals surface area contributed by atoms with Gasteiger partial charge >= 0.3 is 0 Å². The molecule has 1 aliphatic rings. The molecule has 2 rings (SSSR count).